The van der Waals surface area contributed by atoms with Crippen molar-refractivity contribution in [3.63, 3.8) is 0 Å². The molecule has 0 amide bonds. The van der Waals surface area contributed by atoms with E-state index in [4.69, 9.17) is 0 Å². The lowest BCUT2D eigenvalue weighted by Crippen LogP contribution is -2.32. The molecule has 0 saturated heterocycles. The van der Waals surface area contributed by atoms with Crippen LogP contribution in [-0.2, 0) is 13.5 Å². The Labute approximate surface area is 237 Å². The van der Waals surface area contributed by atoms with E-state index < -0.39 is 0 Å². The van der Waals surface area contributed by atoms with Crippen LogP contribution in [0, 0.1) is 12.8 Å². The van der Waals surface area contributed by atoms with Gasteiger partial charge in [0.2, 0.25) is 11.2 Å². The average Bonchev–Trinajstić information content (AvgIpc) is 2.97. The molecule has 0 saturated carbocycles. The van der Waals surface area contributed by atoms with Gasteiger partial charge in [-0.3, -0.25) is 0 Å². The van der Waals surface area contributed by atoms with E-state index in [1.54, 1.807) is 0 Å². The zero-order valence-corrected chi connectivity index (χ0v) is 23.7. The van der Waals surface area contributed by atoms with E-state index in [0.29, 0.717) is 5.92 Å². The Hall–Kier alpha value is -4.49. The highest BCUT2D eigenvalue weighted by atomic mass is 14.9. The molecule has 0 bridgehead atoms. The van der Waals surface area contributed by atoms with E-state index in [1.165, 1.54) is 77.8 Å². The summed E-state index contributed by atoms with van der Waals surface area (Å²) in [5.74, 6) is 0.625. The van der Waals surface area contributed by atoms with Gasteiger partial charge in [-0.15, -0.1) is 0 Å². The van der Waals surface area contributed by atoms with Crippen molar-refractivity contribution in [2.24, 2.45) is 13.0 Å². The van der Waals surface area contributed by atoms with E-state index in [-0.39, 0.29) is 0 Å². The largest absolute Gasteiger partial charge is 0.213 e. The van der Waals surface area contributed by atoms with Crippen LogP contribution in [0.1, 0.15) is 25.0 Å². The van der Waals surface area contributed by atoms with Crippen LogP contribution in [0.2, 0.25) is 0 Å². The van der Waals surface area contributed by atoms with Gasteiger partial charge in [-0.05, 0) is 93.1 Å². The predicted octanol–water partition coefficient (Wildman–Crippen LogP) is 9.82. The lowest BCUT2D eigenvalue weighted by molar-refractivity contribution is -0.633. The lowest BCUT2D eigenvalue weighted by atomic mass is 9.79. The minimum atomic E-state index is 0.625. The van der Waals surface area contributed by atoms with Crippen LogP contribution in [0.15, 0.2) is 115 Å². The second-order valence-electron chi connectivity index (χ2n) is 11.6. The first-order valence-electron chi connectivity index (χ1n) is 14.4. The Morgan fingerprint density at radius 2 is 1.02 bits per heavy atom. The minimum absolute atomic E-state index is 0.625. The highest BCUT2D eigenvalue weighted by Crippen LogP contribution is 2.48. The van der Waals surface area contributed by atoms with Gasteiger partial charge in [-0.2, -0.15) is 4.57 Å². The summed E-state index contributed by atoms with van der Waals surface area (Å²) in [6.45, 7) is 6.85. The van der Waals surface area contributed by atoms with Gasteiger partial charge in [0, 0.05) is 23.1 Å². The SMILES string of the molecule is Cc1cc2c(cc1-c1ccc3c(CC(C)C)cccc3[n+]1C)-c1ccccc1-c1ccccc1-c1ccccc1-2. The van der Waals surface area contributed by atoms with E-state index in [2.05, 4.69) is 148 Å². The Bertz CT molecular complexity index is 1920. The summed E-state index contributed by atoms with van der Waals surface area (Å²) >= 11 is 0. The molecule has 1 aromatic heterocycles. The van der Waals surface area contributed by atoms with Gasteiger partial charge >= 0.3 is 0 Å². The summed E-state index contributed by atoms with van der Waals surface area (Å²) in [7, 11) is 2.21. The Morgan fingerprint density at radius 1 is 0.525 bits per heavy atom. The summed E-state index contributed by atoms with van der Waals surface area (Å²) in [6, 6.07) is 42.9. The van der Waals surface area contributed by atoms with E-state index >= 15 is 0 Å². The van der Waals surface area contributed by atoms with Gasteiger partial charge in [0.1, 0.15) is 7.05 Å². The molecule has 0 unspecified atom stereocenters. The van der Waals surface area contributed by atoms with Crippen molar-refractivity contribution in [1.29, 1.82) is 0 Å². The van der Waals surface area contributed by atoms with Crippen molar-refractivity contribution in [3.05, 3.63) is 126 Å². The van der Waals surface area contributed by atoms with Crippen LogP contribution in [-0.4, -0.2) is 0 Å². The third-order valence-electron chi connectivity index (χ3n) is 8.51. The maximum atomic E-state index is 2.44. The maximum absolute atomic E-state index is 2.44. The lowest BCUT2D eigenvalue weighted by Gasteiger charge is -2.24. The summed E-state index contributed by atoms with van der Waals surface area (Å²) in [5.41, 5.74) is 16.8. The van der Waals surface area contributed by atoms with Crippen LogP contribution >= 0.6 is 0 Å². The highest BCUT2D eigenvalue weighted by molar-refractivity contribution is 6.04. The van der Waals surface area contributed by atoms with Crippen molar-refractivity contribution in [2.45, 2.75) is 27.2 Å². The molecule has 0 atom stereocenters. The van der Waals surface area contributed by atoms with Gasteiger partial charge in [0.25, 0.3) is 0 Å². The fourth-order valence-corrected chi connectivity index (χ4v) is 6.66. The molecule has 0 radical (unpaired) electrons. The number of nitrogens with zero attached hydrogens (tertiary/aromatic N) is 1. The number of aromatic nitrogens is 1. The number of rotatable bonds is 3. The van der Waals surface area contributed by atoms with E-state index in [0.717, 1.165) is 6.42 Å². The Kier molecular flexibility index (Phi) is 5.90. The van der Waals surface area contributed by atoms with Crippen molar-refractivity contribution >= 4 is 10.9 Å². The zero-order chi connectivity index (χ0) is 27.4. The first-order chi connectivity index (χ1) is 19.5. The molecule has 6 aromatic rings. The molecular weight excluding hydrogens is 482 g/mol. The molecule has 0 spiro atoms. The molecule has 1 aliphatic rings. The Morgan fingerprint density at radius 3 is 1.55 bits per heavy atom. The molecule has 1 heterocycles. The van der Waals surface area contributed by atoms with Gasteiger partial charge in [0.15, 0.2) is 0 Å². The molecule has 1 aliphatic carbocycles. The van der Waals surface area contributed by atoms with Crippen molar-refractivity contribution in [1.82, 2.24) is 0 Å². The fraction of sp³-hybridized carbons (Fsp3) is 0.154. The average molecular weight is 517 g/mol. The maximum Gasteiger partial charge on any atom is 0.213 e. The standard InChI is InChI=1S/C39H34N/c1-25(2)22-27-12-11-19-38-28(27)20-21-39(40(38)4)35-24-37-34-18-10-8-16-32(34)30-14-6-5-13-29(30)31-15-7-9-17-33(31)36(37)23-26(35)3/h5-21,23-25H,22H2,1-4H3/q+1. The minimum Gasteiger partial charge on any atom is -0.194 e. The van der Waals surface area contributed by atoms with Crippen LogP contribution < -0.4 is 4.57 Å². The second kappa shape index (κ2) is 9.61. The smallest absolute Gasteiger partial charge is 0.194 e. The van der Waals surface area contributed by atoms with Gasteiger partial charge in [-0.25, -0.2) is 0 Å². The summed E-state index contributed by atoms with van der Waals surface area (Å²) < 4.78 is 2.38. The normalized spacial score (nSPS) is 11.8. The Balaban J connectivity index is 1.51. The van der Waals surface area contributed by atoms with Crippen molar-refractivity contribution in [2.75, 3.05) is 0 Å². The van der Waals surface area contributed by atoms with Crippen LogP contribution in [0.3, 0.4) is 0 Å². The van der Waals surface area contributed by atoms with Crippen molar-refractivity contribution in [3.8, 4) is 55.8 Å². The fourth-order valence-electron chi connectivity index (χ4n) is 6.66. The molecule has 0 aliphatic heterocycles. The third-order valence-corrected chi connectivity index (χ3v) is 8.51. The van der Waals surface area contributed by atoms with Crippen molar-refractivity contribution < 1.29 is 4.57 Å². The monoisotopic (exact) mass is 516 g/mol. The quantitative estimate of drug-likeness (QED) is 0.206. The number of hydrogen-bond donors (Lipinski definition) is 0. The molecule has 0 N–H and O–H groups in total. The number of benzene rings is 5. The molecule has 194 valence electrons. The topological polar surface area (TPSA) is 3.88 Å². The predicted molar refractivity (Wildman–Crippen MR) is 169 cm³/mol. The summed E-state index contributed by atoms with van der Waals surface area (Å²) in [6.07, 6.45) is 1.09. The van der Waals surface area contributed by atoms with Gasteiger partial charge < -0.3 is 0 Å². The highest BCUT2D eigenvalue weighted by Gasteiger charge is 2.25. The second-order valence-corrected chi connectivity index (χ2v) is 11.6. The summed E-state index contributed by atoms with van der Waals surface area (Å²) in [4.78, 5) is 0. The number of hydrogen-bond acceptors (Lipinski definition) is 0. The molecular formula is C39H34N+. The number of fused-ring (bicyclic) bond motifs is 9. The van der Waals surface area contributed by atoms with E-state index in [1.807, 2.05) is 0 Å². The first kappa shape index (κ1) is 24.5. The molecule has 5 aromatic carbocycles. The van der Waals surface area contributed by atoms with Gasteiger partial charge in [-0.1, -0.05) is 98.8 Å². The van der Waals surface area contributed by atoms with Gasteiger partial charge in [0.05, 0.1) is 0 Å². The molecule has 7 rings (SSSR count). The molecule has 0 fully saturated rings. The number of pyridine rings is 1. The third kappa shape index (κ3) is 3.88. The molecule has 40 heavy (non-hydrogen) atoms. The number of aryl methyl sites for hydroxylation is 2. The first-order valence-corrected chi connectivity index (χ1v) is 14.4. The van der Waals surface area contributed by atoms with Crippen LogP contribution in [0.4, 0.5) is 0 Å². The van der Waals surface area contributed by atoms with Crippen LogP contribution in [0.25, 0.3) is 66.7 Å². The summed E-state index contributed by atoms with van der Waals surface area (Å²) in [5, 5.41) is 1.35. The van der Waals surface area contributed by atoms with Crippen LogP contribution in [0.5, 0.6) is 0 Å². The molecule has 1 heteroatoms. The zero-order valence-electron chi connectivity index (χ0n) is 23.7. The molecule has 1 nitrogen and oxygen atoms in total. The van der Waals surface area contributed by atoms with E-state index in [9.17, 15) is 0 Å².